The molecule has 1 heterocycles. The Kier molecular flexibility index (Phi) is 5.58. The largest absolute Gasteiger partial charge is 0.496 e. The van der Waals surface area contributed by atoms with Crippen LogP contribution in [0.25, 0.3) is 17.3 Å². The zero-order valence-corrected chi connectivity index (χ0v) is 15.1. The van der Waals surface area contributed by atoms with E-state index in [-0.39, 0.29) is 11.6 Å². The minimum atomic E-state index is -0.480. The number of non-ortho nitro benzene ring substituents is 1. The summed E-state index contributed by atoms with van der Waals surface area (Å²) in [5.74, 6) is 0.327. The van der Waals surface area contributed by atoms with Gasteiger partial charge in [-0.25, -0.2) is 4.98 Å². The van der Waals surface area contributed by atoms with Gasteiger partial charge in [0.1, 0.15) is 5.75 Å². The average Bonchev–Trinajstić information content (AvgIpc) is 3.14. The van der Waals surface area contributed by atoms with Gasteiger partial charge in [-0.2, -0.15) is 0 Å². The second-order valence-electron chi connectivity index (χ2n) is 5.41. The van der Waals surface area contributed by atoms with Gasteiger partial charge >= 0.3 is 0 Å². The highest BCUT2D eigenvalue weighted by Crippen LogP contribution is 2.31. The van der Waals surface area contributed by atoms with Crippen LogP contribution in [0.1, 0.15) is 5.56 Å². The number of rotatable bonds is 6. The molecule has 7 nitrogen and oxygen atoms in total. The topological polar surface area (TPSA) is 94.4 Å². The molecule has 0 bridgehead atoms. The Balaban J connectivity index is 1.69. The number of hydrogen-bond acceptors (Lipinski definition) is 6. The monoisotopic (exact) mass is 381 g/mol. The summed E-state index contributed by atoms with van der Waals surface area (Å²) in [7, 11) is 1.59. The molecule has 0 saturated heterocycles. The predicted octanol–water partition coefficient (Wildman–Crippen LogP) is 4.38. The molecule has 0 aliphatic carbocycles. The van der Waals surface area contributed by atoms with E-state index < -0.39 is 4.92 Å². The Bertz CT molecular complexity index is 1010. The SMILES string of the molecule is COc1ccccc1-c1csc(NC(=O)/C=C/c2cccc([N+](=O)[O-])c2)n1. The first kappa shape index (κ1) is 18.3. The molecule has 0 fully saturated rings. The molecular formula is C19H15N3O4S. The van der Waals surface area contributed by atoms with E-state index in [1.54, 1.807) is 19.2 Å². The molecule has 3 rings (SSSR count). The molecule has 0 aliphatic heterocycles. The van der Waals surface area contributed by atoms with E-state index in [9.17, 15) is 14.9 Å². The van der Waals surface area contributed by atoms with Gasteiger partial charge in [-0.1, -0.05) is 24.3 Å². The fraction of sp³-hybridized carbons (Fsp3) is 0.0526. The summed E-state index contributed by atoms with van der Waals surface area (Å²) in [6.07, 6.45) is 2.82. The highest BCUT2D eigenvalue weighted by molar-refractivity contribution is 7.14. The third-order valence-electron chi connectivity index (χ3n) is 3.63. The maximum atomic E-state index is 12.1. The maximum Gasteiger partial charge on any atom is 0.270 e. The lowest BCUT2D eigenvalue weighted by atomic mass is 10.1. The Labute approximate surface area is 159 Å². The molecule has 0 radical (unpaired) electrons. The zero-order valence-electron chi connectivity index (χ0n) is 14.3. The summed E-state index contributed by atoms with van der Waals surface area (Å²) in [6, 6.07) is 13.5. The average molecular weight is 381 g/mol. The number of ether oxygens (including phenoxy) is 1. The normalized spacial score (nSPS) is 10.7. The van der Waals surface area contributed by atoms with Crippen LogP contribution in [0.3, 0.4) is 0 Å². The van der Waals surface area contributed by atoms with Gasteiger partial charge in [0, 0.05) is 29.2 Å². The number of nitro benzene ring substituents is 1. The number of para-hydroxylation sites is 1. The quantitative estimate of drug-likeness (QED) is 0.388. The smallest absolute Gasteiger partial charge is 0.270 e. The van der Waals surface area contributed by atoms with Crippen LogP contribution in [0, 0.1) is 10.1 Å². The van der Waals surface area contributed by atoms with Gasteiger partial charge in [0.25, 0.3) is 5.69 Å². The molecule has 0 aliphatic rings. The van der Waals surface area contributed by atoms with Crippen LogP contribution in [0.2, 0.25) is 0 Å². The van der Waals surface area contributed by atoms with Crippen molar-refractivity contribution in [2.45, 2.75) is 0 Å². The fourth-order valence-electron chi connectivity index (χ4n) is 2.37. The summed E-state index contributed by atoms with van der Waals surface area (Å²) in [5.41, 5.74) is 2.08. The molecule has 0 unspecified atom stereocenters. The first-order valence-corrected chi connectivity index (χ1v) is 8.77. The van der Waals surface area contributed by atoms with Crippen molar-refractivity contribution < 1.29 is 14.5 Å². The Morgan fingerprint density at radius 1 is 1.26 bits per heavy atom. The van der Waals surface area contributed by atoms with Crippen molar-refractivity contribution in [3.05, 3.63) is 75.7 Å². The maximum absolute atomic E-state index is 12.1. The van der Waals surface area contributed by atoms with Crippen molar-refractivity contribution in [3.63, 3.8) is 0 Å². The third-order valence-corrected chi connectivity index (χ3v) is 4.38. The van der Waals surface area contributed by atoms with Gasteiger partial charge in [-0.05, 0) is 23.8 Å². The Morgan fingerprint density at radius 3 is 2.85 bits per heavy atom. The number of anilines is 1. The van der Waals surface area contributed by atoms with Crippen molar-refractivity contribution in [2.75, 3.05) is 12.4 Å². The number of nitrogens with zero attached hydrogens (tertiary/aromatic N) is 2. The molecule has 2 aromatic carbocycles. The zero-order chi connectivity index (χ0) is 19.2. The number of carbonyl (C=O) groups is 1. The van der Waals surface area contributed by atoms with E-state index in [0.717, 1.165) is 5.56 Å². The standard InChI is InChI=1S/C19H15N3O4S/c1-26-17-8-3-2-7-15(17)16-12-27-19(20-16)21-18(23)10-9-13-5-4-6-14(11-13)22(24)25/h2-12H,1H3,(H,20,21,23)/b10-9+. The van der Waals surface area contributed by atoms with E-state index >= 15 is 0 Å². The molecule has 0 spiro atoms. The number of nitrogens with one attached hydrogen (secondary N) is 1. The van der Waals surface area contributed by atoms with Gasteiger partial charge in [0.15, 0.2) is 5.13 Å². The lowest BCUT2D eigenvalue weighted by molar-refractivity contribution is -0.384. The number of nitro groups is 1. The van der Waals surface area contributed by atoms with Gasteiger partial charge < -0.3 is 4.74 Å². The van der Waals surface area contributed by atoms with Crippen molar-refractivity contribution in [1.29, 1.82) is 0 Å². The molecule has 1 N–H and O–H groups in total. The van der Waals surface area contributed by atoms with E-state index in [4.69, 9.17) is 4.74 Å². The van der Waals surface area contributed by atoms with Gasteiger partial charge in [-0.3, -0.25) is 20.2 Å². The van der Waals surface area contributed by atoms with Crippen LogP contribution in [-0.4, -0.2) is 22.9 Å². The van der Waals surface area contributed by atoms with Gasteiger partial charge in [0.05, 0.1) is 17.7 Å². The molecule has 27 heavy (non-hydrogen) atoms. The predicted molar refractivity (Wildman–Crippen MR) is 105 cm³/mol. The van der Waals surface area contributed by atoms with E-state index in [0.29, 0.717) is 22.1 Å². The molecule has 3 aromatic rings. The number of methoxy groups -OCH3 is 1. The number of amides is 1. The molecule has 0 saturated carbocycles. The third kappa shape index (κ3) is 4.56. The van der Waals surface area contributed by atoms with Crippen molar-refractivity contribution in [2.24, 2.45) is 0 Å². The molecular weight excluding hydrogens is 366 g/mol. The lowest BCUT2D eigenvalue weighted by Crippen LogP contribution is -2.07. The number of carbonyl (C=O) groups excluding carboxylic acids is 1. The summed E-state index contributed by atoms with van der Waals surface area (Å²) >= 11 is 1.30. The van der Waals surface area contributed by atoms with Crippen LogP contribution in [-0.2, 0) is 4.79 Å². The second-order valence-corrected chi connectivity index (χ2v) is 6.27. The van der Waals surface area contributed by atoms with Crippen LogP contribution in [0.15, 0.2) is 60.0 Å². The van der Waals surface area contributed by atoms with Crippen molar-refractivity contribution in [3.8, 4) is 17.0 Å². The Morgan fingerprint density at radius 2 is 2.07 bits per heavy atom. The molecule has 1 aromatic heterocycles. The number of thiazole rings is 1. The fourth-order valence-corrected chi connectivity index (χ4v) is 3.09. The number of aromatic nitrogens is 1. The molecule has 136 valence electrons. The summed E-state index contributed by atoms with van der Waals surface area (Å²) < 4.78 is 5.32. The minimum Gasteiger partial charge on any atom is -0.496 e. The molecule has 8 heteroatoms. The molecule has 1 amide bonds. The lowest BCUT2D eigenvalue weighted by Gasteiger charge is -2.04. The summed E-state index contributed by atoms with van der Waals surface area (Å²) in [6.45, 7) is 0. The summed E-state index contributed by atoms with van der Waals surface area (Å²) in [4.78, 5) is 26.8. The molecule has 0 atom stereocenters. The first-order valence-electron chi connectivity index (χ1n) is 7.89. The highest BCUT2D eigenvalue weighted by Gasteiger charge is 2.10. The number of benzene rings is 2. The summed E-state index contributed by atoms with van der Waals surface area (Å²) in [5, 5.41) is 15.7. The van der Waals surface area contributed by atoms with Crippen LogP contribution in [0.4, 0.5) is 10.8 Å². The minimum absolute atomic E-state index is 0.0288. The van der Waals surface area contributed by atoms with E-state index in [1.165, 1.54) is 35.6 Å². The van der Waals surface area contributed by atoms with Crippen LogP contribution < -0.4 is 10.1 Å². The van der Waals surface area contributed by atoms with Crippen LogP contribution >= 0.6 is 11.3 Å². The first-order chi connectivity index (χ1) is 13.1. The highest BCUT2D eigenvalue weighted by atomic mass is 32.1. The van der Waals surface area contributed by atoms with Crippen molar-refractivity contribution in [1.82, 2.24) is 4.98 Å². The van der Waals surface area contributed by atoms with Gasteiger partial charge in [-0.15, -0.1) is 11.3 Å². The Hall–Kier alpha value is -3.52. The van der Waals surface area contributed by atoms with Crippen LogP contribution in [0.5, 0.6) is 5.75 Å². The van der Waals surface area contributed by atoms with Gasteiger partial charge in [0.2, 0.25) is 5.91 Å². The second kappa shape index (κ2) is 8.24. The van der Waals surface area contributed by atoms with E-state index in [1.807, 2.05) is 29.6 Å². The van der Waals surface area contributed by atoms with E-state index in [2.05, 4.69) is 10.3 Å². The number of hydrogen-bond donors (Lipinski definition) is 1. The van der Waals surface area contributed by atoms with Crippen molar-refractivity contribution >= 4 is 34.1 Å².